The van der Waals surface area contributed by atoms with Gasteiger partial charge in [-0.05, 0) is 6.26 Å². The molecule has 0 aliphatic heterocycles. The Morgan fingerprint density at radius 1 is 1.30 bits per heavy atom. The number of aliphatic hydroxyl groups excluding tert-OH is 3. The Balaban J connectivity index is 0. The van der Waals surface area contributed by atoms with Crippen LogP contribution in [0.1, 0.15) is 0 Å². The first-order valence-corrected chi connectivity index (χ1v) is 4.25. The van der Waals surface area contributed by atoms with E-state index in [1.54, 1.807) is 0 Å². The van der Waals surface area contributed by atoms with E-state index in [0.717, 1.165) is 0 Å². The van der Waals surface area contributed by atoms with Crippen molar-refractivity contribution in [3.63, 3.8) is 0 Å². The zero-order valence-electron chi connectivity index (χ0n) is 5.78. The number of hydrogen-bond acceptors (Lipinski definition) is 5. The molecule has 5 heteroatoms. The summed E-state index contributed by atoms with van der Waals surface area (Å²) in [4.78, 5) is 0. The molecule has 0 amide bonds. The summed E-state index contributed by atoms with van der Waals surface area (Å²) in [5.41, 5.74) is 0. The van der Waals surface area contributed by atoms with E-state index in [2.05, 4.69) is 12.2 Å². The average Bonchev–Trinajstić information content (AvgIpc) is 2.03. The Labute approximate surface area is 70.1 Å². The Bertz CT molecular complexity index is 69.3. The minimum Gasteiger partial charge on any atom is -0.394 e. The third-order valence-corrected chi connectivity index (χ3v) is 1.67. The van der Waals surface area contributed by atoms with Crippen LogP contribution in [0.2, 0.25) is 0 Å². The van der Waals surface area contributed by atoms with E-state index in [4.69, 9.17) is 15.3 Å². The van der Waals surface area contributed by atoms with Crippen LogP contribution in [0.25, 0.3) is 0 Å². The van der Waals surface area contributed by atoms with Gasteiger partial charge in [0.15, 0.2) is 0 Å². The van der Waals surface area contributed by atoms with Crippen molar-refractivity contribution in [2.24, 2.45) is 0 Å². The fourth-order valence-corrected chi connectivity index (χ4v) is 0.194. The first-order valence-electron chi connectivity index (χ1n) is 2.62. The van der Waals surface area contributed by atoms with Crippen LogP contribution in [0, 0.1) is 0 Å². The number of thiocarbonyl (C=S) groups is 1. The second-order valence-corrected chi connectivity index (χ2v) is 2.83. The molecule has 0 saturated carbocycles. The molecule has 0 aliphatic rings. The molecule has 0 rings (SSSR count). The number of aliphatic hydroxyl groups is 3. The summed E-state index contributed by atoms with van der Waals surface area (Å²) in [6, 6.07) is 0. The van der Waals surface area contributed by atoms with E-state index < -0.39 is 0 Å². The summed E-state index contributed by atoms with van der Waals surface area (Å²) < 4.78 is 0.648. The first kappa shape index (κ1) is 12.9. The SMILES string of the molecule is CSC(=S)CO.OCCO. The van der Waals surface area contributed by atoms with Gasteiger partial charge in [-0.3, -0.25) is 0 Å². The van der Waals surface area contributed by atoms with Gasteiger partial charge in [-0.1, -0.05) is 12.2 Å². The third-order valence-electron chi connectivity index (χ3n) is 0.457. The summed E-state index contributed by atoms with van der Waals surface area (Å²) in [6.45, 7) is -0.226. The van der Waals surface area contributed by atoms with E-state index in [1.807, 2.05) is 6.26 Å². The lowest BCUT2D eigenvalue weighted by atomic mass is 10.8. The molecule has 0 saturated heterocycles. The first-order chi connectivity index (χ1) is 4.72. The summed E-state index contributed by atoms with van der Waals surface area (Å²) in [6.07, 6.45) is 1.85. The van der Waals surface area contributed by atoms with E-state index in [-0.39, 0.29) is 19.8 Å². The molecule has 10 heavy (non-hydrogen) atoms. The van der Waals surface area contributed by atoms with Crippen molar-refractivity contribution in [1.82, 2.24) is 0 Å². The van der Waals surface area contributed by atoms with Gasteiger partial charge in [0.05, 0.1) is 24.0 Å². The molecule has 0 heterocycles. The maximum absolute atomic E-state index is 8.17. The Kier molecular flexibility index (Phi) is 15.6. The number of hydrogen-bond donors (Lipinski definition) is 3. The highest BCUT2D eigenvalue weighted by molar-refractivity contribution is 8.22. The Hall–Kier alpha value is 0.320. The molecule has 0 aromatic heterocycles. The third kappa shape index (κ3) is 15.8. The van der Waals surface area contributed by atoms with E-state index in [0.29, 0.717) is 4.20 Å². The molecular formula is C5H12O3S2. The highest BCUT2D eigenvalue weighted by atomic mass is 32.2. The van der Waals surface area contributed by atoms with Crippen LogP contribution in [-0.2, 0) is 0 Å². The largest absolute Gasteiger partial charge is 0.394 e. The number of rotatable bonds is 2. The van der Waals surface area contributed by atoms with Gasteiger partial charge in [0.25, 0.3) is 0 Å². The van der Waals surface area contributed by atoms with Gasteiger partial charge in [0.2, 0.25) is 0 Å². The predicted molar refractivity (Wildman–Crippen MR) is 47.4 cm³/mol. The minimum atomic E-state index is -0.125. The molecule has 0 spiro atoms. The molecule has 0 aromatic rings. The van der Waals surface area contributed by atoms with Gasteiger partial charge >= 0.3 is 0 Å². The fraction of sp³-hybridized carbons (Fsp3) is 0.800. The highest BCUT2D eigenvalue weighted by Gasteiger charge is 1.83. The molecule has 3 nitrogen and oxygen atoms in total. The summed E-state index contributed by atoms with van der Waals surface area (Å²) in [5.74, 6) is 0. The van der Waals surface area contributed by atoms with Gasteiger partial charge in [-0.2, -0.15) is 0 Å². The second-order valence-electron chi connectivity index (χ2n) is 1.18. The lowest BCUT2D eigenvalue weighted by molar-refractivity contribution is 0.186. The lowest BCUT2D eigenvalue weighted by Crippen LogP contribution is -1.90. The van der Waals surface area contributed by atoms with Crippen molar-refractivity contribution >= 4 is 28.2 Å². The summed E-state index contributed by atoms with van der Waals surface area (Å²) in [7, 11) is 0. The van der Waals surface area contributed by atoms with Crippen LogP contribution in [0.15, 0.2) is 0 Å². The van der Waals surface area contributed by atoms with Crippen LogP contribution in [0.5, 0.6) is 0 Å². The van der Waals surface area contributed by atoms with Crippen LogP contribution in [-0.4, -0.2) is 45.6 Å². The fourth-order valence-electron chi connectivity index (χ4n) is 0.0645. The molecular weight excluding hydrogens is 172 g/mol. The zero-order valence-corrected chi connectivity index (χ0v) is 7.41. The van der Waals surface area contributed by atoms with Crippen LogP contribution in [0.4, 0.5) is 0 Å². The second kappa shape index (κ2) is 12.0. The van der Waals surface area contributed by atoms with Crippen molar-refractivity contribution in [3.8, 4) is 0 Å². The average molecular weight is 184 g/mol. The Morgan fingerprint density at radius 2 is 1.70 bits per heavy atom. The van der Waals surface area contributed by atoms with Gasteiger partial charge in [-0.25, -0.2) is 0 Å². The maximum atomic E-state index is 8.17. The van der Waals surface area contributed by atoms with Gasteiger partial charge in [0, 0.05) is 0 Å². The monoisotopic (exact) mass is 184 g/mol. The van der Waals surface area contributed by atoms with Crippen molar-refractivity contribution in [3.05, 3.63) is 0 Å². The van der Waals surface area contributed by atoms with Gasteiger partial charge in [-0.15, -0.1) is 11.8 Å². The molecule has 0 radical (unpaired) electrons. The van der Waals surface area contributed by atoms with Crippen molar-refractivity contribution in [1.29, 1.82) is 0 Å². The molecule has 0 bridgehead atoms. The smallest absolute Gasteiger partial charge is 0.0842 e. The highest BCUT2D eigenvalue weighted by Crippen LogP contribution is 1.93. The maximum Gasteiger partial charge on any atom is 0.0842 e. The van der Waals surface area contributed by atoms with E-state index >= 15 is 0 Å². The lowest BCUT2D eigenvalue weighted by Gasteiger charge is -1.85. The molecule has 0 aliphatic carbocycles. The van der Waals surface area contributed by atoms with Gasteiger partial charge in [0.1, 0.15) is 0 Å². The molecule has 0 unspecified atom stereocenters. The molecule has 3 N–H and O–H groups in total. The van der Waals surface area contributed by atoms with Crippen LogP contribution in [0.3, 0.4) is 0 Å². The molecule has 0 aromatic carbocycles. The standard InChI is InChI=1S/C3H6OS2.C2H6O2/c1-6-3(5)2-4;3-1-2-4/h4H,2H2,1H3;3-4H,1-2H2. The summed E-state index contributed by atoms with van der Waals surface area (Å²) in [5, 5.41) is 23.4. The van der Waals surface area contributed by atoms with E-state index in [1.165, 1.54) is 11.8 Å². The van der Waals surface area contributed by atoms with Crippen molar-refractivity contribution < 1.29 is 15.3 Å². The van der Waals surface area contributed by atoms with E-state index in [9.17, 15) is 0 Å². The molecule has 0 atom stereocenters. The molecule has 0 fully saturated rings. The number of thioether (sulfide) groups is 1. The zero-order chi connectivity index (χ0) is 8.41. The van der Waals surface area contributed by atoms with Crippen molar-refractivity contribution in [2.45, 2.75) is 0 Å². The van der Waals surface area contributed by atoms with Crippen LogP contribution >= 0.6 is 24.0 Å². The topological polar surface area (TPSA) is 60.7 Å². The minimum absolute atomic E-state index is 0.0243. The summed E-state index contributed by atoms with van der Waals surface area (Å²) >= 11 is 5.98. The van der Waals surface area contributed by atoms with Crippen LogP contribution < -0.4 is 0 Å². The quantitative estimate of drug-likeness (QED) is 0.512. The predicted octanol–water partition coefficient (Wildman–Crippen LogP) is -0.360. The molecule has 62 valence electrons. The van der Waals surface area contributed by atoms with Gasteiger partial charge < -0.3 is 15.3 Å². The Morgan fingerprint density at radius 3 is 1.70 bits per heavy atom. The van der Waals surface area contributed by atoms with Crippen molar-refractivity contribution in [2.75, 3.05) is 26.1 Å². The normalized spacial score (nSPS) is 8.00.